The number of nitrogens with one attached hydrogen (secondary N) is 2. The number of fused-ring (bicyclic) bond motifs is 1. The lowest BCUT2D eigenvalue weighted by molar-refractivity contribution is 0.0936. The van der Waals surface area contributed by atoms with Crippen LogP contribution in [-0.2, 0) is 13.0 Å². The summed E-state index contributed by atoms with van der Waals surface area (Å²) in [6, 6.07) is 6.03. The topological polar surface area (TPSA) is 61.4 Å². The van der Waals surface area contributed by atoms with Crippen molar-refractivity contribution in [3.05, 3.63) is 34.9 Å². The first-order valence-electron chi connectivity index (χ1n) is 6.95. The van der Waals surface area contributed by atoms with Gasteiger partial charge in [-0.3, -0.25) is 4.79 Å². The zero-order valence-corrected chi connectivity index (χ0v) is 11.4. The van der Waals surface area contributed by atoms with E-state index in [-0.39, 0.29) is 18.6 Å². The summed E-state index contributed by atoms with van der Waals surface area (Å²) in [4.78, 5) is 12.1. The Labute approximate surface area is 114 Å². The second kappa shape index (κ2) is 6.68. The van der Waals surface area contributed by atoms with Crippen molar-refractivity contribution in [3.63, 3.8) is 0 Å². The van der Waals surface area contributed by atoms with Crippen molar-refractivity contribution in [2.45, 2.75) is 38.8 Å². The highest BCUT2D eigenvalue weighted by Gasteiger charge is 2.13. The van der Waals surface area contributed by atoms with Crippen LogP contribution in [0.15, 0.2) is 18.2 Å². The molecular formula is C15H22N2O2. The highest BCUT2D eigenvalue weighted by Crippen LogP contribution is 2.16. The van der Waals surface area contributed by atoms with E-state index in [1.807, 2.05) is 19.1 Å². The highest BCUT2D eigenvalue weighted by atomic mass is 16.2. The van der Waals surface area contributed by atoms with Gasteiger partial charge in [0.2, 0.25) is 0 Å². The van der Waals surface area contributed by atoms with Gasteiger partial charge >= 0.3 is 0 Å². The standard InChI is InChI=1S/C15H22N2O2/c1-11(3-2-8-18)17-15(19)13-5-4-12-6-7-16-10-14(12)9-13/h4-5,9,11,16,18H,2-3,6-8,10H2,1H3,(H,17,19). The Hall–Kier alpha value is -1.39. The Morgan fingerprint density at radius 1 is 1.47 bits per heavy atom. The van der Waals surface area contributed by atoms with E-state index in [1.165, 1.54) is 11.1 Å². The first-order chi connectivity index (χ1) is 9.20. The summed E-state index contributed by atoms with van der Waals surface area (Å²) < 4.78 is 0. The molecule has 0 saturated carbocycles. The zero-order chi connectivity index (χ0) is 13.7. The number of rotatable bonds is 5. The summed E-state index contributed by atoms with van der Waals surface area (Å²) in [5, 5.41) is 15.1. The molecule has 1 aliphatic heterocycles. The van der Waals surface area contributed by atoms with Crippen molar-refractivity contribution in [2.24, 2.45) is 0 Å². The van der Waals surface area contributed by atoms with E-state index in [9.17, 15) is 4.79 Å². The Balaban J connectivity index is 1.99. The van der Waals surface area contributed by atoms with Crippen LogP contribution in [0, 0.1) is 0 Å². The third kappa shape index (κ3) is 3.78. The number of benzene rings is 1. The molecule has 104 valence electrons. The number of hydrogen-bond donors (Lipinski definition) is 3. The molecule has 1 heterocycles. The number of carbonyl (C=O) groups excluding carboxylic acids is 1. The van der Waals surface area contributed by atoms with Crippen LogP contribution in [0.2, 0.25) is 0 Å². The van der Waals surface area contributed by atoms with Crippen LogP contribution in [0.25, 0.3) is 0 Å². The number of hydrogen-bond acceptors (Lipinski definition) is 3. The molecule has 0 aromatic heterocycles. The van der Waals surface area contributed by atoms with Crippen LogP contribution < -0.4 is 10.6 Å². The largest absolute Gasteiger partial charge is 0.396 e. The SMILES string of the molecule is CC(CCCO)NC(=O)c1ccc2c(c1)CNCC2. The number of aliphatic hydroxyl groups is 1. The Kier molecular flexibility index (Phi) is 4.93. The summed E-state index contributed by atoms with van der Waals surface area (Å²) in [6.07, 6.45) is 2.55. The molecule has 0 radical (unpaired) electrons. The molecule has 0 fully saturated rings. The van der Waals surface area contributed by atoms with Gasteiger partial charge in [-0.25, -0.2) is 0 Å². The maximum Gasteiger partial charge on any atom is 0.251 e. The van der Waals surface area contributed by atoms with E-state index >= 15 is 0 Å². The molecule has 4 nitrogen and oxygen atoms in total. The number of amides is 1. The predicted octanol–water partition coefficient (Wildman–Crippen LogP) is 1.22. The summed E-state index contributed by atoms with van der Waals surface area (Å²) >= 11 is 0. The first-order valence-corrected chi connectivity index (χ1v) is 6.95. The van der Waals surface area contributed by atoms with Crippen molar-refractivity contribution in [2.75, 3.05) is 13.2 Å². The lowest BCUT2D eigenvalue weighted by Crippen LogP contribution is -2.33. The molecule has 2 rings (SSSR count). The predicted molar refractivity (Wildman–Crippen MR) is 75.1 cm³/mol. The van der Waals surface area contributed by atoms with Crippen LogP contribution >= 0.6 is 0 Å². The van der Waals surface area contributed by atoms with Crippen molar-refractivity contribution in [3.8, 4) is 0 Å². The summed E-state index contributed by atoms with van der Waals surface area (Å²) in [5.41, 5.74) is 3.28. The van der Waals surface area contributed by atoms with Gasteiger partial charge in [0.05, 0.1) is 0 Å². The van der Waals surface area contributed by atoms with Crippen LogP contribution in [0.3, 0.4) is 0 Å². The van der Waals surface area contributed by atoms with Gasteiger partial charge < -0.3 is 15.7 Å². The molecule has 1 aliphatic rings. The van der Waals surface area contributed by atoms with Gasteiger partial charge in [0.1, 0.15) is 0 Å². The molecule has 1 amide bonds. The quantitative estimate of drug-likeness (QED) is 0.748. The van der Waals surface area contributed by atoms with Gasteiger partial charge in [-0.05, 0) is 56.0 Å². The van der Waals surface area contributed by atoms with E-state index in [0.717, 1.165) is 37.9 Å². The Bertz CT molecular complexity index is 446. The van der Waals surface area contributed by atoms with Crippen molar-refractivity contribution in [1.29, 1.82) is 0 Å². The van der Waals surface area contributed by atoms with Crippen LogP contribution in [0.4, 0.5) is 0 Å². The maximum absolute atomic E-state index is 12.1. The van der Waals surface area contributed by atoms with Gasteiger partial charge in [-0.15, -0.1) is 0 Å². The summed E-state index contributed by atoms with van der Waals surface area (Å²) in [5.74, 6) is -0.0289. The van der Waals surface area contributed by atoms with Crippen LogP contribution in [0.5, 0.6) is 0 Å². The molecule has 1 atom stereocenters. The van der Waals surface area contributed by atoms with E-state index in [4.69, 9.17) is 5.11 Å². The minimum absolute atomic E-state index is 0.0289. The average Bonchev–Trinajstić information content (AvgIpc) is 2.44. The highest BCUT2D eigenvalue weighted by molar-refractivity contribution is 5.94. The molecule has 19 heavy (non-hydrogen) atoms. The van der Waals surface area contributed by atoms with Crippen LogP contribution in [-0.4, -0.2) is 30.2 Å². The summed E-state index contributed by atoms with van der Waals surface area (Å²) in [7, 11) is 0. The molecule has 1 aromatic carbocycles. The average molecular weight is 262 g/mol. The van der Waals surface area contributed by atoms with Gasteiger partial charge in [0.15, 0.2) is 0 Å². The van der Waals surface area contributed by atoms with E-state index in [0.29, 0.717) is 0 Å². The van der Waals surface area contributed by atoms with Crippen molar-refractivity contribution < 1.29 is 9.90 Å². The first kappa shape index (κ1) is 14.0. The molecule has 0 bridgehead atoms. The lowest BCUT2D eigenvalue weighted by Gasteiger charge is -2.18. The summed E-state index contributed by atoms with van der Waals surface area (Å²) in [6.45, 7) is 3.99. The minimum Gasteiger partial charge on any atom is -0.396 e. The normalized spacial score (nSPS) is 15.7. The molecule has 0 aliphatic carbocycles. The van der Waals surface area contributed by atoms with Crippen molar-refractivity contribution in [1.82, 2.24) is 10.6 Å². The molecule has 1 unspecified atom stereocenters. The zero-order valence-electron chi connectivity index (χ0n) is 11.4. The molecule has 4 heteroatoms. The van der Waals surface area contributed by atoms with E-state index in [1.54, 1.807) is 0 Å². The third-order valence-corrected chi connectivity index (χ3v) is 3.53. The van der Waals surface area contributed by atoms with Crippen LogP contribution in [0.1, 0.15) is 41.3 Å². The second-order valence-electron chi connectivity index (χ2n) is 5.15. The fourth-order valence-corrected chi connectivity index (χ4v) is 2.40. The maximum atomic E-state index is 12.1. The van der Waals surface area contributed by atoms with Gasteiger partial charge in [-0.1, -0.05) is 6.07 Å². The van der Waals surface area contributed by atoms with E-state index < -0.39 is 0 Å². The molecule has 0 saturated heterocycles. The van der Waals surface area contributed by atoms with Gasteiger partial charge in [-0.2, -0.15) is 0 Å². The van der Waals surface area contributed by atoms with E-state index in [2.05, 4.69) is 16.7 Å². The fraction of sp³-hybridized carbons (Fsp3) is 0.533. The third-order valence-electron chi connectivity index (χ3n) is 3.53. The number of carbonyl (C=O) groups is 1. The molecule has 0 spiro atoms. The monoisotopic (exact) mass is 262 g/mol. The van der Waals surface area contributed by atoms with Gasteiger partial charge in [0, 0.05) is 24.8 Å². The molecule has 3 N–H and O–H groups in total. The fourth-order valence-electron chi connectivity index (χ4n) is 2.40. The second-order valence-corrected chi connectivity index (χ2v) is 5.15. The smallest absolute Gasteiger partial charge is 0.251 e. The molecular weight excluding hydrogens is 240 g/mol. The Morgan fingerprint density at radius 3 is 3.11 bits per heavy atom. The Morgan fingerprint density at radius 2 is 2.32 bits per heavy atom. The van der Waals surface area contributed by atoms with Gasteiger partial charge in [0.25, 0.3) is 5.91 Å². The van der Waals surface area contributed by atoms with Crippen molar-refractivity contribution >= 4 is 5.91 Å². The lowest BCUT2D eigenvalue weighted by atomic mass is 9.98. The number of aliphatic hydroxyl groups excluding tert-OH is 1. The molecule has 1 aromatic rings. The minimum atomic E-state index is -0.0289.